The molecule has 0 fully saturated rings. The van der Waals surface area contributed by atoms with Crippen LogP contribution in [-0.2, 0) is 17.8 Å². The highest BCUT2D eigenvalue weighted by atomic mass is 16.4. The topological polar surface area (TPSA) is 62.5 Å². The molecule has 1 rings (SSSR count). The van der Waals surface area contributed by atoms with Crippen molar-refractivity contribution in [2.45, 2.75) is 51.5 Å². The Kier molecular flexibility index (Phi) is 7.18. The molecular weight excluding hydrogens is 230 g/mol. The first-order valence-corrected chi connectivity index (χ1v) is 6.70. The molecule has 0 saturated heterocycles. The first-order chi connectivity index (χ1) is 8.74. The van der Waals surface area contributed by atoms with Gasteiger partial charge in [-0.1, -0.05) is 19.3 Å². The Hall–Kier alpha value is -1.29. The van der Waals surface area contributed by atoms with E-state index in [0.717, 1.165) is 38.5 Å². The second-order valence-corrected chi connectivity index (χ2v) is 4.58. The van der Waals surface area contributed by atoms with Crippen LogP contribution in [0.2, 0.25) is 0 Å². The normalized spacial score (nSPS) is 10.7. The van der Waals surface area contributed by atoms with E-state index < -0.39 is 5.97 Å². The van der Waals surface area contributed by atoms with Gasteiger partial charge in [-0.25, -0.2) is 0 Å². The number of rotatable bonds is 10. The summed E-state index contributed by atoms with van der Waals surface area (Å²) in [5.41, 5.74) is 1.27. The second-order valence-electron chi connectivity index (χ2n) is 4.58. The number of carboxylic acid groups (broad SMARTS) is 1. The van der Waals surface area contributed by atoms with E-state index >= 15 is 0 Å². The van der Waals surface area contributed by atoms with Gasteiger partial charge in [0.05, 0.1) is 6.61 Å². The molecule has 4 heteroatoms. The summed E-state index contributed by atoms with van der Waals surface area (Å²) in [4.78, 5) is 10.3. The van der Waals surface area contributed by atoms with E-state index in [2.05, 4.69) is 10.6 Å². The molecule has 4 nitrogen and oxygen atoms in total. The van der Waals surface area contributed by atoms with Crippen LogP contribution in [-0.4, -0.2) is 27.4 Å². The molecule has 0 aliphatic rings. The van der Waals surface area contributed by atoms with Crippen molar-refractivity contribution in [2.75, 3.05) is 6.61 Å². The van der Waals surface area contributed by atoms with Gasteiger partial charge in [-0.2, -0.15) is 0 Å². The van der Waals surface area contributed by atoms with E-state index in [9.17, 15) is 4.79 Å². The van der Waals surface area contributed by atoms with Gasteiger partial charge in [0.15, 0.2) is 0 Å². The third-order valence-corrected chi connectivity index (χ3v) is 3.09. The average Bonchev–Trinajstić information content (AvgIpc) is 2.76. The van der Waals surface area contributed by atoms with Crippen molar-refractivity contribution >= 4 is 5.97 Å². The lowest BCUT2D eigenvalue weighted by Crippen LogP contribution is -2.04. The van der Waals surface area contributed by atoms with Gasteiger partial charge in [0.25, 0.3) is 0 Å². The Morgan fingerprint density at radius 3 is 2.61 bits per heavy atom. The smallest absolute Gasteiger partial charge is 0.303 e. The van der Waals surface area contributed by atoms with Crippen molar-refractivity contribution in [3.63, 3.8) is 0 Å². The maximum atomic E-state index is 10.3. The maximum Gasteiger partial charge on any atom is 0.303 e. The number of aliphatic hydroxyl groups excluding tert-OH is 1. The summed E-state index contributed by atoms with van der Waals surface area (Å²) >= 11 is 0. The molecule has 0 aliphatic heterocycles. The van der Waals surface area contributed by atoms with E-state index in [-0.39, 0.29) is 6.61 Å². The number of carbonyl (C=O) groups is 1. The number of hydrogen-bond donors (Lipinski definition) is 2. The van der Waals surface area contributed by atoms with Gasteiger partial charge in [0.1, 0.15) is 0 Å². The SMILES string of the molecule is O=C(O)CCCCCCCc1cccn1CCO. The standard InChI is InChI=1S/C14H23NO3/c16-12-11-15-10-6-8-13(15)7-4-2-1-3-5-9-14(17)18/h6,8,10,16H,1-5,7,9,11-12H2,(H,17,18). The molecular formula is C14H23NO3. The van der Waals surface area contributed by atoms with Crippen molar-refractivity contribution < 1.29 is 15.0 Å². The molecule has 0 amide bonds. The Morgan fingerprint density at radius 1 is 1.17 bits per heavy atom. The van der Waals surface area contributed by atoms with Crippen molar-refractivity contribution in [3.8, 4) is 0 Å². The van der Waals surface area contributed by atoms with Crippen molar-refractivity contribution in [2.24, 2.45) is 0 Å². The predicted octanol–water partition coefficient (Wildman–Crippen LogP) is 2.45. The zero-order valence-electron chi connectivity index (χ0n) is 10.8. The van der Waals surface area contributed by atoms with Crippen molar-refractivity contribution in [3.05, 3.63) is 24.0 Å². The van der Waals surface area contributed by atoms with Gasteiger partial charge < -0.3 is 14.8 Å². The van der Waals surface area contributed by atoms with Gasteiger partial charge >= 0.3 is 5.97 Å². The molecule has 0 atom stereocenters. The summed E-state index contributed by atoms with van der Waals surface area (Å²) in [5.74, 6) is -0.697. The summed E-state index contributed by atoms with van der Waals surface area (Å²) in [5, 5.41) is 17.4. The highest BCUT2D eigenvalue weighted by Crippen LogP contribution is 2.10. The second kappa shape index (κ2) is 8.75. The summed E-state index contributed by atoms with van der Waals surface area (Å²) < 4.78 is 2.09. The van der Waals surface area contributed by atoms with Crippen molar-refractivity contribution in [1.29, 1.82) is 0 Å². The van der Waals surface area contributed by atoms with E-state index in [1.165, 1.54) is 5.69 Å². The number of hydrogen-bond acceptors (Lipinski definition) is 2. The minimum atomic E-state index is -0.697. The minimum absolute atomic E-state index is 0.177. The van der Waals surface area contributed by atoms with Gasteiger partial charge in [0.2, 0.25) is 0 Å². The van der Waals surface area contributed by atoms with E-state index in [1.54, 1.807) is 0 Å². The van der Waals surface area contributed by atoms with Gasteiger partial charge in [0, 0.05) is 24.9 Å². The van der Waals surface area contributed by atoms with Crippen molar-refractivity contribution in [1.82, 2.24) is 4.57 Å². The maximum absolute atomic E-state index is 10.3. The van der Waals surface area contributed by atoms with Crippen LogP contribution in [0.1, 0.15) is 44.2 Å². The molecule has 0 radical (unpaired) electrons. The van der Waals surface area contributed by atoms with Crippen LogP contribution in [0.5, 0.6) is 0 Å². The Balaban J connectivity index is 2.06. The number of carboxylic acids is 1. The van der Waals surface area contributed by atoms with Crippen LogP contribution < -0.4 is 0 Å². The lowest BCUT2D eigenvalue weighted by atomic mass is 10.1. The van der Waals surface area contributed by atoms with E-state index in [4.69, 9.17) is 10.2 Å². The van der Waals surface area contributed by atoms with Gasteiger partial charge in [-0.15, -0.1) is 0 Å². The Bertz CT molecular complexity index is 347. The fraction of sp³-hybridized carbons (Fsp3) is 0.643. The highest BCUT2D eigenvalue weighted by Gasteiger charge is 2.00. The number of aliphatic carboxylic acids is 1. The number of aliphatic hydroxyl groups is 1. The highest BCUT2D eigenvalue weighted by molar-refractivity contribution is 5.66. The summed E-state index contributed by atoms with van der Waals surface area (Å²) in [7, 11) is 0. The first kappa shape index (κ1) is 14.8. The minimum Gasteiger partial charge on any atom is -0.481 e. The third-order valence-electron chi connectivity index (χ3n) is 3.09. The molecule has 1 aromatic rings. The first-order valence-electron chi connectivity index (χ1n) is 6.70. The number of unbranched alkanes of at least 4 members (excludes halogenated alkanes) is 4. The predicted molar refractivity (Wildman–Crippen MR) is 70.6 cm³/mol. The summed E-state index contributed by atoms with van der Waals surface area (Å²) in [6.07, 6.45) is 8.49. The third kappa shape index (κ3) is 5.87. The number of aryl methyl sites for hydroxylation is 1. The van der Waals surface area contributed by atoms with Gasteiger partial charge in [-0.05, 0) is 31.4 Å². The molecule has 0 saturated carbocycles. The molecule has 0 unspecified atom stereocenters. The molecule has 102 valence electrons. The molecule has 0 bridgehead atoms. The van der Waals surface area contributed by atoms with Crippen LogP contribution in [0.15, 0.2) is 18.3 Å². The summed E-state index contributed by atoms with van der Waals surface area (Å²) in [6, 6.07) is 4.11. The van der Waals surface area contributed by atoms with Crippen LogP contribution in [0.25, 0.3) is 0 Å². The quantitative estimate of drug-likeness (QED) is 0.630. The van der Waals surface area contributed by atoms with E-state index in [0.29, 0.717) is 13.0 Å². The number of nitrogens with zero attached hydrogens (tertiary/aromatic N) is 1. The van der Waals surface area contributed by atoms with Crippen LogP contribution in [0.3, 0.4) is 0 Å². The Labute approximate surface area is 108 Å². The molecule has 18 heavy (non-hydrogen) atoms. The lowest BCUT2D eigenvalue weighted by molar-refractivity contribution is -0.137. The zero-order valence-corrected chi connectivity index (χ0v) is 10.8. The zero-order chi connectivity index (χ0) is 13.2. The van der Waals surface area contributed by atoms with E-state index in [1.807, 2.05) is 12.3 Å². The molecule has 2 N–H and O–H groups in total. The van der Waals surface area contributed by atoms with Gasteiger partial charge in [-0.3, -0.25) is 4.79 Å². The van der Waals surface area contributed by atoms with Crippen LogP contribution >= 0.6 is 0 Å². The fourth-order valence-electron chi connectivity index (χ4n) is 2.11. The van der Waals surface area contributed by atoms with Crippen LogP contribution in [0, 0.1) is 0 Å². The fourth-order valence-corrected chi connectivity index (χ4v) is 2.11. The monoisotopic (exact) mass is 253 g/mol. The largest absolute Gasteiger partial charge is 0.481 e. The molecule has 0 aromatic carbocycles. The Morgan fingerprint density at radius 2 is 1.89 bits per heavy atom. The average molecular weight is 253 g/mol. The lowest BCUT2D eigenvalue weighted by Gasteiger charge is -2.07. The molecule has 0 spiro atoms. The molecule has 1 aromatic heterocycles. The van der Waals surface area contributed by atoms with Crippen LogP contribution in [0.4, 0.5) is 0 Å². The number of aromatic nitrogens is 1. The summed E-state index contributed by atoms with van der Waals surface area (Å²) in [6.45, 7) is 0.845. The molecule has 0 aliphatic carbocycles. The molecule has 1 heterocycles.